The standard InChI is InChI=1S/C23H21N5O3/c1-30-19-11-9-17(10-12-19)14-25-23-26-22(18-6-5-13-24-15-18)27-28(23)21(29)16-31-20-7-3-2-4-8-20/h2-13,15H,14,16H2,1H3,(H,25,26,27). The summed E-state index contributed by atoms with van der Waals surface area (Å²) in [5.74, 6) is 1.77. The van der Waals surface area contributed by atoms with E-state index in [1.54, 1.807) is 37.7 Å². The van der Waals surface area contributed by atoms with Gasteiger partial charge in [-0.05, 0) is 42.0 Å². The zero-order valence-corrected chi connectivity index (χ0v) is 16.9. The SMILES string of the molecule is COc1ccc(CNc2nc(-c3cccnc3)nn2C(=O)COc2ccccc2)cc1. The van der Waals surface area contributed by atoms with Gasteiger partial charge in [-0.15, -0.1) is 5.10 Å². The molecule has 0 aliphatic heterocycles. The van der Waals surface area contributed by atoms with Crippen LogP contribution in [0.1, 0.15) is 10.4 Å². The van der Waals surface area contributed by atoms with Crippen molar-refractivity contribution < 1.29 is 14.3 Å². The third-order valence-corrected chi connectivity index (χ3v) is 4.48. The molecule has 0 atom stereocenters. The lowest BCUT2D eigenvalue weighted by molar-refractivity contribution is 0.0824. The zero-order valence-electron chi connectivity index (χ0n) is 16.9. The molecule has 2 aromatic heterocycles. The summed E-state index contributed by atoms with van der Waals surface area (Å²) in [7, 11) is 1.62. The van der Waals surface area contributed by atoms with Crippen molar-refractivity contribution in [2.75, 3.05) is 19.0 Å². The fourth-order valence-corrected chi connectivity index (χ4v) is 2.87. The molecule has 0 fully saturated rings. The van der Waals surface area contributed by atoms with E-state index in [1.807, 2.05) is 48.5 Å². The number of methoxy groups -OCH3 is 1. The maximum Gasteiger partial charge on any atom is 0.287 e. The van der Waals surface area contributed by atoms with Gasteiger partial charge in [0.2, 0.25) is 5.95 Å². The highest BCUT2D eigenvalue weighted by atomic mass is 16.5. The van der Waals surface area contributed by atoms with Crippen LogP contribution in [0, 0.1) is 0 Å². The van der Waals surface area contributed by atoms with Crippen LogP contribution in [0.15, 0.2) is 79.1 Å². The molecule has 0 aliphatic carbocycles. The molecule has 0 radical (unpaired) electrons. The van der Waals surface area contributed by atoms with Gasteiger partial charge in [0.15, 0.2) is 12.4 Å². The first-order chi connectivity index (χ1) is 15.2. The Kier molecular flexibility index (Phi) is 6.18. The molecule has 8 heteroatoms. The second-order valence-electron chi connectivity index (χ2n) is 6.61. The minimum Gasteiger partial charge on any atom is -0.497 e. The summed E-state index contributed by atoms with van der Waals surface area (Å²) in [6, 6.07) is 20.4. The number of para-hydroxylation sites is 1. The molecule has 0 saturated carbocycles. The normalized spacial score (nSPS) is 10.5. The Hall–Kier alpha value is -4.20. The van der Waals surface area contributed by atoms with Crippen molar-refractivity contribution in [2.45, 2.75) is 6.54 Å². The molecule has 156 valence electrons. The maximum absolute atomic E-state index is 12.8. The van der Waals surface area contributed by atoms with Gasteiger partial charge in [0.25, 0.3) is 5.91 Å². The Balaban J connectivity index is 1.54. The average Bonchev–Trinajstić information content (AvgIpc) is 3.27. The smallest absolute Gasteiger partial charge is 0.287 e. The minimum absolute atomic E-state index is 0.170. The highest BCUT2D eigenvalue weighted by Gasteiger charge is 2.18. The number of carbonyl (C=O) groups excluding carboxylic acids is 1. The second-order valence-corrected chi connectivity index (χ2v) is 6.61. The highest BCUT2D eigenvalue weighted by Crippen LogP contribution is 2.18. The third-order valence-electron chi connectivity index (χ3n) is 4.48. The molecule has 31 heavy (non-hydrogen) atoms. The summed E-state index contributed by atoms with van der Waals surface area (Å²) >= 11 is 0. The first-order valence-corrected chi connectivity index (χ1v) is 9.68. The molecule has 0 bridgehead atoms. The largest absolute Gasteiger partial charge is 0.497 e. The molecular formula is C23H21N5O3. The van der Waals surface area contributed by atoms with Gasteiger partial charge in [0.1, 0.15) is 11.5 Å². The van der Waals surface area contributed by atoms with Crippen molar-refractivity contribution in [1.29, 1.82) is 0 Å². The highest BCUT2D eigenvalue weighted by molar-refractivity contribution is 5.82. The molecule has 0 spiro atoms. The van der Waals surface area contributed by atoms with Crippen molar-refractivity contribution >= 4 is 11.9 Å². The van der Waals surface area contributed by atoms with Crippen molar-refractivity contribution in [2.24, 2.45) is 0 Å². The van der Waals surface area contributed by atoms with Crippen molar-refractivity contribution in [3.63, 3.8) is 0 Å². The molecule has 8 nitrogen and oxygen atoms in total. The van der Waals surface area contributed by atoms with Crippen LogP contribution >= 0.6 is 0 Å². The van der Waals surface area contributed by atoms with Crippen molar-refractivity contribution in [3.05, 3.63) is 84.7 Å². The van der Waals surface area contributed by atoms with Gasteiger partial charge in [0.05, 0.1) is 7.11 Å². The fraction of sp³-hybridized carbons (Fsp3) is 0.130. The van der Waals surface area contributed by atoms with Gasteiger partial charge in [-0.1, -0.05) is 30.3 Å². The van der Waals surface area contributed by atoms with Crippen LogP contribution in [0.4, 0.5) is 5.95 Å². The predicted octanol–water partition coefficient (Wildman–Crippen LogP) is 3.68. The van der Waals surface area contributed by atoms with E-state index in [0.29, 0.717) is 29.6 Å². The van der Waals surface area contributed by atoms with E-state index in [4.69, 9.17) is 9.47 Å². The molecule has 2 aromatic carbocycles. The van der Waals surface area contributed by atoms with Crippen LogP contribution < -0.4 is 14.8 Å². The number of hydrogen-bond acceptors (Lipinski definition) is 7. The van der Waals surface area contributed by atoms with Crippen LogP contribution in [-0.4, -0.2) is 39.4 Å². The number of hydrogen-bond donors (Lipinski definition) is 1. The molecule has 0 saturated heterocycles. The predicted molar refractivity (Wildman–Crippen MR) is 116 cm³/mol. The van der Waals surface area contributed by atoms with Crippen LogP contribution in [-0.2, 0) is 6.54 Å². The number of anilines is 1. The molecule has 0 amide bonds. The van der Waals surface area contributed by atoms with Gasteiger partial charge in [-0.2, -0.15) is 9.67 Å². The van der Waals surface area contributed by atoms with Crippen LogP contribution in [0.5, 0.6) is 11.5 Å². The molecule has 4 rings (SSSR count). The number of carbonyl (C=O) groups is 1. The zero-order chi connectivity index (χ0) is 21.5. The first-order valence-electron chi connectivity index (χ1n) is 9.68. The van der Waals surface area contributed by atoms with Gasteiger partial charge in [-0.3, -0.25) is 9.78 Å². The number of benzene rings is 2. The average molecular weight is 415 g/mol. The van der Waals surface area contributed by atoms with E-state index in [-0.39, 0.29) is 12.5 Å². The van der Waals surface area contributed by atoms with Crippen LogP contribution in [0.2, 0.25) is 0 Å². The summed E-state index contributed by atoms with van der Waals surface area (Å²) in [6.07, 6.45) is 3.32. The first kappa shape index (κ1) is 20.1. The Morgan fingerprint density at radius 3 is 2.52 bits per heavy atom. The van der Waals surface area contributed by atoms with E-state index in [1.165, 1.54) is 4.68 Å². The lowest BCUT2D eigenvalue weighted by Crippen LogP contribution is -2.22. The lowest BCUT2D eigenvalue weighted by atomic mass is 10.2. The summed E-state index contributed by atoms with van der Waals surface area (Å²) < 4.78 is 12.0. The summed E-state index contributed by atoms with van der Waals surface area (Å²) in [5.41, 5.74) is 1.72. The van der Waals surface area contributed by atoms with Gasteiger partial charge in [0, 0.05) is 24.5 Å². The molecule has 2 heterocycles. The van der Waals surface area contributed by atoms with E-state index in [9.17, 15) is 4.79 Å². The van der Waals surface area contributed by atoms with Gasteiger partial charge < -0.3 is 14.8 Å². The lowest BCUT2D eigenvalue weighted by Gasteiger charge is -2.09. The Bertz CT molecular complexity index is 1130. The molecule has 0 unspecified atom stereocenters. The number of aromatic nitrogens is 4. The molecule has 0 aliphatic rings. The summed E-state index contributed by atoms with van der Waals surface area (Å²) in [6.45, 7) is 0.291. The molecule has 1 N–H and O–H groups in total. The number of nitrogens with zero attached hydrogens (tertiary/aromatic N) is 4. The van der Waals surface area contributed by atoms with Gasteiger partial charge >= 0.3 is 0 Å². The fourth-order valence-electron chi connectivity index (χ4n) is 2.87. The summed E-state index contributed by atoms with van der Waals surface area (Å²) in [5, 5.41) is 7.57. The Morgan fingerprint density at radius 1 is 1.00 bits per heavy atom. The van der Waals surface area contributed by atoms with E-state index >= 15 is 0 Å². The van der Waals surface area contributed by atoms with Crippen LogP contribution in [0.3, 0.4) is 0 Å². The minimum atomic E-state index is -0.344. The quantitative estimate of drug-likeness (QED) is 0.469. The molecule has 4 aromatic rings. The van der Waals surface area contributed by atoms with Crippen LogP contribution in [0.25, 0.3) is 11.4 Å². The Labute approximate surface area is 179 Å². The molecular weight excluding hydrogens is 394 g/mol. The number of pyridine rings is 1. The van der Waals surface area contributed by atoms with E-state index in [2.05, 4.69) is 20.4 Å². The number of nitrogens with one attached hydrogen (secondary N) is 1. The van der Waals surface area contributed by atoms with Crippen molar-refractivity contribution in [3.8, 4) is 22.9 Å². The van der Waals surface area contributed by atoms with E-state index in [0.717, 1.165) is 11.3 Å². The van der Waals surface area contributed by atoms with E-state index < -0.39 is 0 Å². The maximum atomic E-state index is 12.8. The monoisotopic (exact) mass is 415 g/mol. The Morgan fingerprint density at radius 2 is 1.81 bits per heavy atom. The number of ether oxygens (including phenoxy) is 2. The topological polar surface area (TPSA) is 91.2 Å². The summed E-state index contributed by atoms with van der Waals surface area (Å²) in [4.78, 5) is 21.4. The van der Waals surface area contributed by atoms with Gasteiger partial charge in [-0.25, -0.2) is 0 Å². The van der Waals surface area contributed by atoms with Crippen molar-refractivity contribution in [1.82, 2.24) is 19.7 Å². The second kappa shape index (κ2) is 9.53. The third kappa shape index (κ3) is 5.05. The number of rotatable bonds is 8.